The molecular formula is C29H46N2O6. The third-order valence-electron chi connectivity index (χ3n) is 8.54. The van der Waals surface area contributed by atoms with Crippen molar-refractivity contribution in [2.24, 2.45) is 17.8 Å². The van der Waals surface area contributed by atoms with E-state index in [0.29, 0.717) is 38.8 Å². The molecule has 3 saturated heterocycles. The third-order valence-corrected chi connectivity index (χ3v) is 8.54. The molecule has 8 heteroatoms. The van der Waals surface area contributed by atoms with Crippen molar-refractivity contribution in [1.29, 1.82) is 0 Å². The standard InChI is InChI=1S/C29H46N2O6/c1-8-10-14-18-36-26(35)22-21-24(33)30(16-12-11-13-17-32)23(25(34)31(15-9-2)27(4,5)6)29(21)19-20(3)28(22,7)37-29/h8-9,20-23,32H,1-2,10-19H2,3-7H3/t20?,21-,22-,23?,28+,29?/m0/s1. The highest BCUT2D eigenvalue weighted by atomic mass is 16.6. The lowest BCUT2D eigenvalue weighted by Crippen LogP contribution is -2.60. The van der Waals surface area contributed by atoms with Crippen LogP contribution in [-0.4, -0.2) is 81.8 Å². The quantitative estimate of drug-likeness (QED) is 0.228. The predicted octanol–water partition coefficient (Wildman–Crippen LogP) is 3.48. The van der Waals surface area contributed by atoms with E-state index in [4.69, 9.17) is 9.47 Å². The van der Waals surface area contributed by atoms with Crippen LogP contribution in [0.3, 0.4) is 0 Å². The van der Waals surface area contributed by atoms with Gasteiger partial charge >= 0.3 is 5.97 Å². The summed E-state index contributed by atoms with van der Waals surface area (Å²) in [5, 5.41) is 9.22. The summed E-state index contributed by atoms with van der Waals surface area (Å²) in [6.45, 7) is 18.4. The number of esters is 1. The Kier molecular flexibility index (Phi) is 8.95. The van der Waals surface area contributed by atoms with Crippen LogP contribution >= 0.6 is 0 Å². The normalized spacial score (nSPS) is 32.4. The third kappa shape index (κ3) is 5.11. The van der Waals surface area contributed by atoms with Gasteiger partial charge in [-0.1, -0.05) is 19.1 Å². The molecule has 0 aromatic heterocycles. The second-order valence-corrected chi connectivity index (χ2v) is 12.0. The van der Waals surface area contributed by atoms with E-state index in [1.165, 1.54) is 0 Å². The van der Waals surface area contributed by atoms with E-state index < -0.39 is 40.6 Å². The van der Waals surface area contributed by atoms with Crippen LogP contribution in [0.4, 0.5) is 0 Å². The summed E-state index contributed by atoms with van der Waals surface area (Å²) in [5.74, 6) is -2.38. The number of ether oxygens (including phenoxy) is 2. The number of hydrogen-bond acceptors (Lipinski definition) is 6. The van der Waals surface area contributed by atoms with Gasteiger partial charge < -0.3 is 24.4 Å². The molecule has 0 aliphatic carbocycles. The van der Waals surface area contributed by atoms with Gasteiger partial charge in [-0.15, -0.1) is 13.2 Å². The van der Waals surface area contributed by atoms with Crippen LogP contribution in [0.25, 0.3) is 0 Å². The number of fused-ring (bicyclic) bond motifs is 1. The maximum absolute atomic E-state index is 14.3. The van der Waals surface area contributed by atoms with Crippen LogP contribution in [0.5, 0.6) is 0 Å². The molecular weight excluding hydrogens is 472 g/mol. The number of amides is 2. The smallest absolute Gasteiger partial charge is 0.312 e. The van der Waals surface area contributed by atoms with E-state index in [-0.39, 0.29) is 30.9 Å². The first kappa shape index (κ1) is 29.4. The van der Waals surface area contributed by atoms with E-state index in [9.17, 15) is 19.5 Å². The van der Waals surface area contributed by atoms with Gasteiger partial charge in [0.15, 0.2) is 0 Å². The summed E-state index contributed by atoms with van der Waals surface area (Å²) in [4.78, 5) is 45.3. The fourth-order valence-corrected chi connectivity index (χ4v) is 6.65. The first-order valence-corrected chi connectivity index (χ1v) is 13.7. The Morgan fingerprint density at radius 3 is 2.51 bits per heavy atom. The van der Waals surface area contributed by atoms with Crippen LogP contribution in [-0.2, 0) is 23.9 Å². The van der Waals surface area contributed by atoms with Gasteiger partial charge in [-0.25, -0.2) is 0 Å². The SMILES string of the molecule is C=CCCCOC(=O)[C@@H]1[C@H]2C(=O)N(CCCCCO)C(C(=O)N(CC=C)C(C)(C)C)C23CC(C)[C@@]1(C)O3. The molecule has 1 N–H and O–H groups in total. The summed E-state index contributed by atoms with van der Waals surface area (Å²) < 4.78 is 12.4. The fraction of sp³-hybridized carbons (Fsp3) is 0.759. The molecule has 2 bridgehead atoms. The number of hydrogen-bond donors (Lipinski definition) is 1. The highest BCUT2D eigenvalue weighted by Gasteiger charge is 2.80. The van der Waals surface area contributed by atoms with Crippen LogP contribution in [0.1, 0.15) is 73.1 Å². The molecule has 3 aliphatic heterocycles. The van der Waals surface area contributed by atoms with Gasteiger partial charge in [0, 0.05) is 25.2 Å². The lowest BCUT2D eigenvalue weighted by molar-refractivity contribution is -0.163. The molecule has 0 aromatic carbocycles. The number of allylic oxidation sites excluding steroid dienone is 1. The average molecular weight is 519 g/mol. The maximum atomic E-state index is 14.3. The Morgan fingerprint density at radius 1 is 1.22 bits per heavy atom. The van der Waals surface area contributed by atoms with Gasteiger partial charge in [0.25, 0.3) is 0 Å². The molecule has 208 valence electrons. The van der Waals surface area contributed by atoms with Crippen molar-refractivity contribution in [3.05, 3.63) is 25.3 Å². The van der Waals surface area contributed by atoms with E-state index in [2.05, 4.69) is 13.2 Å². The highest BCUT2D eigenvalue weighted by Crippen LogP contribution is 2.65. The number of unbranched alkanes of at least 4 members (excludes halogenated alkanes) is 3. The summed E-state index contributed by atoms with van der Waals surface area (Å²) in [6.07, 6.45) is 7.42. The number of likely N-dealkylation sites (tertiary alicyclic amines) is 1. The molecule has 3 fully saturated rings. The van der Waals surface area contributed by atoms with Crippen molar-refractivity contribution in [2.45, 2.75) is 95.9 Å². The summed E-state index contributed by atoms with van der Waals surface area (Å²) in [5.41, 5.74) is -2.47. The topological polar surface area (TPSA) is 96.4 Å². The van der Waals surface area contributed by atoms with E-state index >= 15 is 0 Å². The Bertz CT molecular complexity index is 897. The van der Waals surface area contributed by atoms with Crippen molar-refractivity contribution >= 4 is 17.8 Å². The Balaban J connectivity index is 2.03. The first-order valence-electron chi connectivity index (χ1n) is 13.7. The van der Waals surface area contributed by atoms with Gasteiger partial charge in [-0.3, -0.25) is 14.4 Å². The molecule has 2 amide bonds. The van der Waals surface area contributed by atoms with Crippen molar-refractivity contribution in [3.63, 3.8) is 0 Å². The maximum Gasteiger partial charge on any atom is 0.312 e. The van der Waals surface area contributed by atoms with Crippen molar-refractivity contribution in [1.82, 2.24) is 9.80 Å². The minimum absolute atomic E-state index is 0.0330. The Morgan fingerprint density at radius 2 is 1.92 bits per heavy atom. The van der Waals surface area contributed by atoms with E-state index in [1.54, 1.807) is 22.0 Å². The molecule has 6 atom stereocenters. The average Bonchev–Trinajstić information content (AvgIpc) is 3.33. The molecule has 8 nitrogen and oxygen atoms in total. The number of aliphatic hydroxyl groups excluding tert-OH is 1. The van der Waals surface area contributed by atoms with Crippen LogP contribution in [0, 0.1) is 17.8 Å². The van der Waals surface area contributed by atoms with Crippen LogP contribution in [0.2, 0.25) is 0 Å². The summed E-state index contributed by atoms with van der Waals surface area (Å²) in [6, 6.07) is -0.832. The molecule has 0 saturated carbocycles. The minimum atomic E-state index is -1.09. The van der Waals surface area contributed by atoms with Gasteiger partial charge in [0.2, 0.25) is 11.8 Å². The lowest BCUT2D eigenvalue weighted by atomic mass is 9.62. The zero-order valence-electron chi connectivity index (χ0n) is 23.3. The van der Waals surface area contributed by atoms with E-state index in [1.807, 2.05) is 34.6 Å². The highest BCUT2D eigenvalue weighted by molar-refractivity contribution is 5.98. The molecule has 37 heavy (non-hydrogen) atoms. The van der Waals surface area contributed by atoms with Gasteiger partial charge in [0.05, 0.1) is 18.1 Å². The van der Waals surface area contributed by atoms with Gasteiger partial charge in [0.1, 0.15) is 17.6 Å². The lowest BCUT2D eigenvalue weighted by Gasteiger charge is -2.42. The zero-order chi connectivity index (χ0) is 27.6. The van der Waals surface area contributed by atoms with Crippen LogP contribution < -0.4 is 0 Å². The number of rotatable bonds is 13. The molecule has 3 heterocycles. The molecule has 3 aliphatic rings. The summed E-state index contributed by atoms with van der Waals surface area (Å²) in [7, 11) is 0. The van der Waals surface area contributed by atoms with Gasteiger partial charge in [-0.05, 0) is 72.1 Å². The first-order chi connectivity index (χ1) is 17.4. The monoisotopic (exact) mass is 518 g/mol. The number of aliphatic hydroxyl groups is 1. The zero-order valence-corrected chi connectivity index (χ0v) is 23.3. The Labute approximate surface area is 222 Å². The fourth-order valence-electron chi connectivity index (χ4n) is 6.65. The molecule has 3 unspecified atom stereocenters. The molecule has 3 rings (SSSR count). The second kappa shape index (κ2) is 11.3. The number of carbonyl (C=O) groups excluding carboxylic acids is 3. The van der Waals surface area contributed by atoms with E-state index in [0.717, 1.165) is 12.8 Å². The minimum Gasteiger partial charge on any atom is -0.465 e. The molecule has 0 aromatic rings. The number of carbonyl (C=O) groups is 3. The second-order valence-electron chi connectivity index (χ2n) is 12.0. The Hall–Kier alpha value is -2.19. The summed E-state index contributed by atoms with van der Waals surface area (Å²) >= 11 is 0. The molecule has 0 radical (unpaired) electrons. The number of nitrogens with zero attached hydrogens (tertiary/aromatic N) is 2. The van der Waals surface area contributed by atoms with Crippen LogP contribution in [0.15, 0.2) is 25.3 Å². The van der Waals surface area contributed by atoms with Crippen molar-refractivity contribution in [3.8, 4) is 0 Å². The largest absolute Gasteiger partial charge is 0.465 e. The van der Waals surface area contributed by atoms with Gasteiger partial charge in [-0.2, -0.15) is 0 Å². The predicted molar refractivity (Wildman–Crippen MR) is 141 cm³/mol. The molecule has 1 spiro atoms. The van der Waals surface area contributed by atoms with Crippen molar-refractivity contribution < 1.29 is 29.0 Å². The van der Waals surface area contributed by atoms with Crippen molar-refractivity contribution in [2.75, 3.05) is 26.3 Å².